The highest BCUT2D eigenvalue weighted by atomic mass is 16.5. The number of esters is 1. The molecule has 148 valence electrons. The van der Waals surface area contributed by atoms with Gasteiger partial charge in [0.15, 0.2) is 18.1 Å². The van der Waals surface area contributed by atoms with Gasteiger partial charge >= 0.3 is 5.97 Å². The van der Waals surface area contributed by atoms with Crippen LogP contribution in [0.5, 0.6) is 11.5 Å². The van der Waals surface area contributed by atoms with Gasteiger partial charge in [-0.25, -0.2) is 4.79 Å². The summed E-state index contributed by atoms with van der Waals surface area (Å²) in [5, 5.41) is 2.98. The van der Waals surface area contributed by atoms with Crippen LogP contribution in [0.15, 0.2) is 24.3 Å². The van der Waals surface area contributed by atoms with Crippen molar-refractivity contribution in [2.45, 2.75) is 39.2 Å². The summed E-state index contributed by atoms with van der Waals surface area (Å²) < 4.78 is 15.6. The van der Waals surface area contributed by atoms with E-state index in [4.69, 9.17) is 14.2 Å². The van der Waals surface area contributed by atoms with E-state index in [1.807, 2.05) is 0 Å². The zero-order valence-corrected chi connectivity index (χ0v) is 16.5. The number of amides is 1. The van der Waals surface area contributed by atoms with Crippen molar-refractivity contribution in [3.63, 3.8) is 0 Å². The maximum atomic E-state index is 12.1. The molecule has 1 aromatic rings. The van der Waals surface area contributed by atoms with Gasteiger partial charge in [-0.3, -0.25) is 4.79 Å². The highest BCUT2D eigenvalue weighted by Crippen LogP contribution is 2.31. The van der Waals surface area contributed by atoms with Crippen molar-refractivity contribution < 1.29 is 23.8 Å². The molecule has 0 saturated heterocycles. The van der Waals surface area contributed by atoms with E-state index in [1.54, 1.807) is 31.4 Å². The molecule has 0 radical (unpaired) electrons. The Morgan fingerprint density at radius 3 is 2.67 bits per heavy atom. The first-order valence-corrected chi connectivity index (χ1v) is 9.31. The Hall–Kier alpha value is -2.50. The molecule has 1 saturated carbocycles. The van der Waals surface area contributed by atoms with E-state index < -0.39 is 5.97 Å². The molecular formula is C21H29NO5. The van der Waals surface area contributed by atoms with Gasteiger partial charge in [0.1, 0.15) is 0 Å². The van der Waals surface area contributed by atoms with E-state index in [0.717, 1.165) is 12.8 Å². The lowest BCUT2D eigenvalue weighted by Crippen LogP contribution is -2.45. The minimum atomic E-state index is -0.583. The van der Waals surface area contributed by atoms with Gasteiger partial charge in [0.05, 0.1) is 14.2 Å². The second-order valence-corrected chi connectivity index (χ2v) is 6.97. The number of benzene rings is 1. The van der Waals surface area contributed by atoms with Crippen molar-refractivity contribution in [3.05, 3.63) is 29.8 Å². The summed E-state index contributed by atoms with van der Waals surface area (Å²) in [6.07, 6.45) is 6.13. The Morgan fingerprint density at radius 2 is 1.96 bits per heavy atom. The topological polar surface area (TPSA) is 73.9 Å². The van der Waals surface area contributed by atoms with Crippen LogP contribution in [0.25, 0.3) is 6.08 Å². The van der Waals surface area contributed by atoms with Crippen LogP contribution in [0.4, 0.5) is 0 Å². The minimum absolute atomic E-state index is 0.150. The van der Waals surface area contributed by atoms with Gasteiger partial charge in [0.2, 0.25) is 0 Å². The lowest BCUT2D eigenvalue weighted by molar-refractivity contribution is -0.144. The Labute approximate surface area is 160 Å². The number of nitrogens with one attached hydrogen (secondary N) is 1. The molecule has 0 spiro atoms. The highest BCUT2D eigenvalue weighted by Gasteiger charge is 2.28. The van der Waals surface area contributed by atoms with Crippen LogP contribution in [0.3, 0.4) is 0 Å². The fourth-order valence-corrected chi connectivity index (χ4v) is 3.42. The summed E-state index contributed by atoms with van der Waals surface area (Å²) >= 11 is 0. The van der Waals surface area contributed by atoms with Gasteiger partial charge in [-0.1, -0.05) is 38.8 Å². The molecule has 1 amide bonds. The van der Waals surface area contributed by atoms with E-state index in [-0.39, 0.29) is 18.6 Å². The molecule has 1 aliphatic rings. The van der Waals surface area contributed by atoms with E-state index in [9.17, 15) is 9.59 Å². The molecule has 3 unspecified atom stereocenters. The molecule has 1 fully saturated rings. The first-order valence-electron chi connectivity index (χ1n) is 9.31. The van der Waals surface area contributed by atoms with Crippen LogP contribution in [0.2, 0.25) is 0 Å². The number of carbonyl (C=O) groups is 2. The average Bonchev–Trinajstić information content (AvgIpc) is 2.67. The lowest BCUT2D eigenvalue weighted by Gasteiger charge is -2.34. The summed E-state index contributed by atoms with van der Waals surface area (Å²) in [6.45, 7) is 4.09. The second-order valence-electron chi connectivity index (χ2n) is 6.97. The van der Waals surface area contributed by atoms with Crippen molar-refractivity contribution in [1.29, 1.82) is 0 Å². The zero-order chi connectivity index (χ0) is 19.8. The Kier molecular flexibility index (Phi) is 7.70. The van der Waals surface area contributed by atoms with E-state index >= 15 is 0 Å². The maximum Gasteiger partial charge on any atom is 0.331 e. The Morgan fingerprint density at radius 1 is 1.19 bits per heavy atom. The molecule has 1 aromatic carbocycles. The van der Waals surface area contributed by atoms with Crippen LogP contribution in [0.1, 0.15) is 38.7 Å². The van der Waals surface area contributed by atoms with Crippen LogP contribution >= 0.6 is 0 Å². The zero-order valence-electron chi connectivity index (χ0n) is 16.5. The molecular weight excluding hydrogens is 346 g/mol. The van der Waals surface area contributed by atoms with Crippen molar-refractivity contribution in [1.82, 2.24) is 5.32 Å². The van der Waals surface area contributed by atoms with Gasteiger partial charge in [0.25, 0.3) is 5.91 Å². The van der Waals surface area contributed by atoms with Gasteiger partial charge in [-0.05, 0) is 30.4 Å². The van der Waals surface area contributed by atoms with Crippen LogP contribution in [-0.4, -0.2) is 38.7 Å². The minimum Gasteiger partial charge on any atom is -0.493 e. The molecule has 1 aliphatic carbocycles. The fourth-order valence-electron chi connectivity index (χ4n) is 3.42. The number of rotatable bonds is 7. The molecule has 0 bridgehead atoms. The molecule has 0 heterocycles. The first kappa shape index (κ1) is 20.8. The van der Waals surface area contributed by atoms with E-state index in [2.05, 4.69) is 19.2 Å². The molecule has 2 rings (SSSR count). The van der Waals surface area contributed by atoms with Crippen molar-refractivity contribution in [3.8, 4) is 11.5 Å². The smallest absolute Gasteiger partial charge is 0.331 e. The van der Waals surface area contributed by atoms with E-state index in [1.165, 1.54) is 19.6 Å². The Bertz CT molecular complexity index is 685. The third kappa shape index (κ3) is 5.74. The predicted octanol–water partition coefficient (Wildman–Crippen LogP) is 3.20. The normalized spacial score (nSPS) is 22.3. The lowest BCUT2D eigenvalue weighted by atomic mass is 9.78. The monoisotopic (exact) mass is 375 g/mol. The molecule has 1 N–H and O–H groups in total. The third-order valence-electron chi connectivity index (χ3n) is 5.23. The van der Waals surface area contributed by atoms with E-state index in [0.29, 0.717) is 28.9 Å². The first-order chi connectivity index (χ1) is 13.0. The largest absolute Gasteiger partial charge is 0.493 e. The average molecular weight is 375 g/mol. The SMILES string of the molecule is COc1cccc(C=CC(=O)OCC(=O)NC2CCCC(C)C2C)c1OC. The van der Waals surface area contributed by atoms with Gasteiger partial charge in [-0.2, -0.15) is 0 Å². The highest BCUT2D eigenvalue weighted by molar-refractivity contribution is 5.90. The fraction of sp³-hybridized carbons (Fsp3) is 0.524. The van der Waals surface area contributed by atoms with Crippen molar-refractivity contribution in [2.75, 3.05) is 20.8 Å². The molecule has 6 nitrogen and oxygen atoms in total. The predicted molar refractivity (Wildman–Crippen MR) is 104 cm³/mol. The molecule has 0 aromatic heterocycles. The van der Waals surface area contributed by atoms with Crippen LogP contribution in [0, 0.1) is 11.8 Å². The van der Waals surface area contributed by atoms with Gasteiger partial charge in [-0.15, -0.1) is 0 Å². The Balaban J connectivity index is 1.85. The molecule has 27 heavy (non-hydrogen) atoms. The number of hydrogen-bond acceptors (Lipinski definition) is 5. The summed E-state index contributed by atoms with van der Waals surface area (Å²) in [4.78, 5) is 24.0. The van der Waals surface area contributed by atoms with Gasteiger partial charge < -0.3 is 19.5 Å². The summed E-state index contributed by atoms with van der Waals surface area (Å²) in [7, 11) is 3.08. The number of ether oxygens (including phenoxy) is 3. The maximum absolute atomic E-state index is 12.1. The summed E-state index contributed by atoms with van der Waals surface area (Å²) in [6, 6.07) is 5.51. The van der Waals surface area contributed by atoms with Crippen LogP contribution in [-0.2, 0) is 14.3 Å². The molecule has 6 heteroatoms. The quantitative estimate of drug-likeness (QED) is 0.585. The number of carbonyl (C=O) groups excluding carboxylic acids is 2. The number of para-hydroxylation sites is 1. The molecule has 3 atom stereocenters. The summed E-state index contributed by atoms with van der Waals surface area (Å²) in [5.74, 6) is 1.28. The van der Waals surface area contributed by atoms with Crippen molar-refractivity contribution >= 4 is 18.0 Å². The van der Waals surface area contributed by atoms with Crippen molar-refractivity contribution in [2.24, 2.45) is 11.8 Å². The van der Waals surface area contributed by atoms with Gasteiger partial charge in [0, 0.05) is 17.7 Å². The summed E-state index contributed by atoms with van der Waals surface area (Å²) in [5.41, 5.74) is 0.684. The third-order valence-corrected chi connectivity index (χ3v) is 5.23. The van der Waals surface area contributed by atoms with Crippen LogP contribution < -0.4 is 14.8 Å². The standard InChI is InChI=1S/C21H29NO5/c1-14-7-5-9-17(15(14)2)22-19(23)13-27-20(24)12-11-16-8-6-10-18(25-3)21(16)26-4/h6,8,10-12,14-15,17H,5,7,9,13H2,1-4H3,(H,22,23). The number of methoxy groups -OCH3 is 2. The second kappa shape index (κ2) is 10.00. The molecule has 0 aliphatic heterocycles. The number of hydrogen-bond donors (Lipinski definition) is 1.